The molecule has 1 aromatic heterocycles. The van der Waals surface area contributed by atoms with Crippen LogP contribution in [0.4, 0.5) is 5.69 Å². The van der Waals surface area contributed by atoms with Crippen LogP contribution in [0.25, 0.3) is 11.1 Å². The number of anilines is 1. The molecule has 0 amide bonds. The van der Waals surface area contributed by atoms with E-state index in [1.54, 1.807) is 13.0 Å². The summed E-state index contributed by atoms with van der Waals surface area (Å²) in [6, 6.07) is 3.81. The quantitative estimate of drug-likeness (QED) is 0.651. The van der Waals surface area contributed by atoms with Gasteiger partial charge in [0.2, 0.25) is 0 Å². The largest absolute Gasteiger partial charge is 0.432 e. The third-order valence-electron chi connectivity index (χ3n) is 3.96. The van der Waals surface area contributed by atoms with Crippen molar-refractivity contribution in [3.05, 3.63) is 44.1 Å². The summed E-state index contributed by atoms with van der Waals surface area (Å²) in [7, 11) is -0.591. The molecule has 1 aromatic carbocycles. The van der Waals surface area contributed by atoms with Gasteiger partial charge in [0.1, 0.15) is 0 Å². The number of fused-ring (bicyclic) bond motifs is 3. The molecule has 0 unspecified atom stereocenters. The first-order chi connectivity index (χ1) is 10.4. The smallest absolute Gasteiger partial charge is 0.409 e. The average Bonchev–Trinajstić information content (AvgIpc) is 2.82. The number of hydrogen-bond donors (Lipinski definition) is 1. The van der Waals surface area contributed by atoms with Crippen LogP contribution in [0.2, 0.25) is 16.9 Å². The summed E-state index contributed by atoms with van der Waals surface area (Å²) in [6.45, 7) is 4.44. The van der Waals surface area contributed by atoms with Crippen molar-refractivity contribution in [1.82, 2.24) is 4.98 Å². The fourth-order valence-electron chi connectivity index (χ4n) is 3.00. The van der Waals surface area contributed by atoms with Crippen molar-refractivity contribution < 1.29 is 5.02 Å². The summed E-state index contributed by atoms with van der Waals surface area (Å²) in [6.07, 6.45) is 2.41. The third-order valence-corrected chi connectivity index (χ3v) is 5.40. The minimum atomic E-state index is -0.591. The molecule has 1 aliphatic carbocycles. The zero-order valence-corrected chi connectivity index (χ0v) is 15.3. The van der Waals surface area contributed by atoms with E-state index in [1.165, 1.54) is 0 Å². The van der Waals surface area contributed by atoms with Crippen LogP contribution >= 0.6 is 39.1 Å². The topological polar surface area (TPSA) is 36.4 Å². The number of nitrogens with zero attached hydrogens (tertiary/aromatic N) is 2. The van der Waals surface area contributed by atoms with Crippen LogP contribution in [-0.2, 0) is 6.42 Å². The van der Waals surface area contributed by atoms with E-state index in [2.05, 4.69) is 20.9 Å². The Bertz CT molecular complexity index is 755. The second-order valence-corrected chi connectivity index (χ2v) is 6.96. The van der Waals surface area contributed by atoms with Crippen LogP contribution in [0.1, 0.15) is 18.2 Å². The first kappa shape index (κ1) is 16.1. The Balaban J connectivity index is 2.25. The highest BCUT2D eigenvalue weighted by atomic mass is 79.9. The number of pyridine rings is 1. The highest BCUT2D eigenvalue weighted by Gasteiger charge is 2.29. The van der Waals surface area contributed by atoms with E-state index in [-0.39, 0.29) is 0 Å². The van der Waals surface area contributed by atoms with E-state index in [4.69, 9.17) is 23.2 Å². The SMILES string of the molecule is CCN(B(C)O)c1cc(Cl)cc2c1Cc1ncc(Br)c(Cl)c1-2. The van der Waals surface area contributed by atoms with Gasteiger partial charge in [-0.25, -0.2) is 0 Å². The molecule has 0 radical (unpaired) electrons. The van der Waals surface area contributed by atoms with Crippen molar-refractivity contribution in [2.75, 3.05) is 11.4 Å². The lowest BCUT2D eigenvalue weighted by Gasteiger charge is -2.27. The second-order valence-electron chi connectivity index (χ2n) is 5.29. The van der Waals surface area contributed by atoms with Gasteiger partial charge < -0.3 is 9.83 Å². The third kappa shape index (κ3) is 2.54. The first-order valence-corrected chi connectivity index (χ1v) is 8.59. The predicted octanol–water partition coefficient (Wildman–Crippen LogP) is 4.66. The molecule has 1 heterocycles. The molecule has 0 atom stereocenters. The van der Waals surface area contributed by atoms with Crippen LogP contribution in [0.5, 0.6) is 0 Å². The maximum atomic E-state index is 10.0. The van der Waals surface area contributed by atoms with Crippen molar-refractivity contribution in [3.63, 3.8) is 0 Å². The fourth-order valence-corrected chi connectivity index (χ4v) is 3.77. The number of hydrogen-bond acceptors (Lipinski definition) is 3. The highest BCUT2D eigenvalue weighted by Crippen LogP contribution is 2.47. The molecule has 7 heteroatoms. The summed E-state index contributed by atoms with van der Waals surface area (Å²) < 4.78 is 0.769. The average molecular weight is 400 g/mol. The van der Waals surface area contributed by atoms with Crippen LogP contribution in [-0.4, -0.2) is 23.6 Å². The maximum Gasteiger partial charge on any atom is 0.409 e. The monoisotopic (exact) mass is 398 g/mol. The standard InChI is InChI=1S/C15H14BBrCl2N2O/c1-3-21(16(2)22)13-5-8(18)4-10-9(13)6-12-14(10)15(19)11(17)7-20-12/h4-5,7,22H,3,6H2,1-2H3. The van der Waals surface area contributed by atoms with Crippen molar-refractivity contribution in [1.29, 1.82) is 0 Å². The van der Waals surface area contributed by atoms with Crippen LogP contribution in [0, 0.1) is 0 Å². The number of halogens is 3. The Labute approximate surface area is 148 Å². The molecule has 3 rings (SSSR count). The molecule has 1 aliphatic rings. The van der Waals surface area contributed by atoms with Gasteiger partial charge in [0.25, 0.3) is 0 Å². The lowest BCUT2D eigenvalue weighted by Crippen LogP contribution is -2.37. The van der Waals surface area contributed by atoms with Gasteiger partial charge in [-0.1, -0.05) is 23.2 Å². The lowest BCUT2D eigenvalue weighted by molar-refractivity contribution is 0.571. The Morgan fingerprint density at radius 3 is 2.77 bits per heavy atom. The Morgan fingerprint density at radius 1 is 1.41 bits per heavy atom. The number of aromatic nitrogens is 1. The molecular weight excluding hydrogens is 386 g/mol. The van der Waals surface area contributed by atoms with Crippen molar-refractivity contribution in [2.45, 2.75) is 20.2 Å². The van der Waals surface area contributed by atoms with Gasteiger partial charge in [0.15, 0.2) is 0 Å². The van der Waals surface area contributed by atoms with Gasteiger partial charge in [-0.3, -0.25) is 4.98 Å². The second kappa shape index (κ2) is 6.04. The van der Waals surface area contributed by atoms with E-state index in [0.717, 1.165) is 32.5 Å². The fraction of sp³-hybridized carbons (Fsp3) is 0.267. The van der Waals surface area contributed by atoms with Gasteiger partial charge in [-0.15, -0.1) is 0 Å². The zero-order valence-electron chi connectivity index (χ0n) is 12.2. The van der Waals surface area contributed by atoms with Gasteiger partial charge in [0.05, 0.1) is 15.2 Å². The summed E-state index contributed by atoms with van der Waals surface area (Å²) in [5.41, 5.74) is 4.90. The summed E-state index contributed by atoms with van der Waals surface area (Å²) in [5, 5.41) is 11.3. The van der Waals surface area contributed by atoms with E-state index in [1.807, 2.05) is 23.9 Å². The molecule has 0 spiro atoms. The minimum absolute atomic E-state index is 0.591. The summed E-state index contributed by atoms with van der Waals surface area (Å²) in [4.78, 5) is 6.40. The molecule has 1 N–H and O–H groups in total. The predicted molar refractivity (Wildman–Crippen MR) is 97.1 cm³/mol. The Morgan fingerprint density at radius 2 is 2.14 bits per heavy atom. The highest BCUT2D eigenvalue weighted by molar-refractivity contribution is 9.10. The summed E-state index contributed by atoms with van der Waals surface area (Å²) in [5.74, 6) is 0. The molecule has 114 valence electrons. The van der Waals surface area contributed by atoms with Crippen LogP contribution in [0.3, 0.4) is 0 Å². The van der Waals surface area contributed by atoms with E-state index in [0.29, 0.717) is 23.0 Å². The van der Waals surface area contributed by atoms with Crippen molar-refractivity contribution in [2.24, 2.45) is 0 Å². The molecule has 2 aromatic rings. The number of benzene rings is 1. The van der Waals surface area contributed by atoms with Gasteiger partial charge >= 0.3 is 7.05 Å². The van der Waals surface area contributed by atoms with Gasteiger partial charge in [-0.2, -0.15) is 0 Å². The normalized spacial score (nSPS) is 12.1. The van der Waals surface area contributed by atoms with Crippen LogP contribution in [0.15, 0.2) is 22.8 Å². The summed E-state index contributed by atoms with van der Waals surface area (Å²) >= 11 is 16.2. The molecule has 0 saturated heterocycles. The number of rotatable bonds is 3. The Hall–Kier alpha value is -0.745. The zero-order chi connectivity index (χ0) is 16.0. The molecule has 22 heavy (non-hydrogen) atoms. The van der Waals surface area contributed by atoms with E-state index < -0.39 is 7.05 Å². The van der Waals surface area contributed by atoms with Gasteiger partial charge in [0, 0.05) is 35.4 Å². The Kier molecular flexibility index (Phi) is 4.43. The van der Waals surface area contributed by atoms with Crippen molar-refractivity contribution in [3.8, 4) is 11.1 Å². The molecule has 0 bridgehead atoms. The molecule has 0 fully saturated rings. The molecule has 0 saturated carbocycles. The van der Waals surface area contributed by atoms with Crippen LogP contribution < -0.4 is 4.81 Å². The lowest BCUT2D eigenvalue weighted by atomic mass is 9.83. The van der Waals surface area contributed by atoms with E-state index in [9.17, 15) is 5.02 Å². The van der Waals surface area contributed by atoms with E-state index >= 15 is 0 Å². The van der Waals surface area contributed by atoms with Gasteiger partial charge in [-0.05, 0) is 52.9 Å². The maximum absolute atomic E-state index is 10.0. The molecule has 3 nitrogen and oxygen atoms in total. The van der Waals surface area contributed by atoms with Crippen molar-refractivity contribution >= 4 is 51.9 Å². The minimum Gasteiger partial charge on any atom is -0.432 e. The first-order valence-electron chi connectivity index (χ1n) is 7.04. The molecular formula is C15H14BBrCl2N2O. The molecule has 0 aliphatic heterocycles.